The second kappa shape index (κ2) is 6.58. The van der Waals surface area contributed by atoms with Gasteiger partial charge in [0.1, 0.15) is 0 Å². The lowest BCUT2D eigenvalue weighted by molar-refractivity contribution is -0.121. The van der Waals surface area contributed by atoms with Gasteiger partial charge in [0.25, 0.3) is 5.91 Å². The summed E-state index contributed by atoms with van der Waals surface area (Å²) in [6, 6.07) is 11.4. The first-order chi connectivity index (χ1) is 12.9. The molecule has 4 rings (SSSR count). The highest BCUT2D eigenvalue weighted by Crippen LogP contribution is 2.28. The molecule has 0 saturated carbocycles. The molecule has 1 aliphatic heterocycles. The van der Waals surface area contributed by atoms with Crippen LogP contribution >= 0.6 is 0 Å². The van der Waals surface area contributed by atoms with Crippen molar-refractivity contribution in [2.24, 2.45) is 0 Å². The van der Waals surface area contributed by atoms with E-state index < -0.39 is 0 Å². The van der Waals surface area contributed by atoms with Crippen LogP contribution in [0.4, 0.5) is 0 Å². The number of fused-ring (bicyclic) bond motifs is 2. The minimum atomic E-state index is -0.263. The number of aromatic amines is 1. The number of carbonyl (C=O) groups excluding carboxylic acids is 2. The van der Waals surface area contributed by atoms with E-state index in [9.17, 15) is 9.59 Å². The van der Waals surface area contributed by atoms with Gasteiger partial charge in [-0.25, -0.2) is 0 Å². The van der Waals surface area contributed by atoms with E-state index in [0.29, 0.717) is 12.1 Å². The molecular weight excluding hydrogens is 338 g/mol. The van der Waals surface area contributed by atoms with Crippen molar-refractivity contribution in [1.29, 1.82) is 0 Å². The Hall–Kier alpha value is -3.08. The molecule has 1 atom stereocenters. The zero-order chi connectivity index (χ0) is 19.1. The van der Waals surface area contributed by atoms with E-state index in [-0.39, 0.29) is 24.3 Å². The summed E-state index contributed by atoms with van der Waals surface area (Å²) in [7, 11) is 0. The first kappa shape index (κ1) is 17.3. The van der Waals surface area contributed by atoms with Gasteiger partial charge in [0, 0.05) is 23.2 Å². The molecule has 1 aliphatic rings. The number of aryl methyl sites for hydroxylation is 3. The third kappa shape index (κ3) is 3.10. The number of aromatic nitrogens is 1. The third-order valence-corrected chi connectivity index (χ3v) is 5.40. The molecule has 1 aromatic heterocycles. The number of rotatable bonds is 4. The third-order valence-electron chi connectivity index (χ3n) is 5.40. The smallest absolute Gasteiger partial charge is 0.252 e. The van der Waals surface area contributed by atoms with Crippen LogP contribution in [0.15, 0.2) is 36.4 Å². The minimum absolute atomic E-state index is 0.0772. The SMILES string of the molecule is Cc1cc(CNC(=O)C[C@@H]2NC(=O)c3ccccc32)c2[nH]c(C)c(C)c2c1. The average Bonchev–Trinajstić information content (AvgIpc) is 3.11. The second-order valence-electron chi connectivity index (χ2n) is 7.32. The van der Waals surface area contributed by atoms with Gasteiger partial charge < -0.3 is 15.6 Å². The van der Waals surface area contributed by atoms with Gasteiger partial charge in [-0.15, -0.1) is 0 Å². The number of hydrogen-bond donors (Lipinski definition) is 3. The number of nitrogens with one attached hydrogen (secondary N) is 3. The normalized spacial score (nSPS) is 15.7. The molecule has 2 aromatic carbocycles. The van der Waals surface area contributed by atoms with Gasteiger partial charge in [-0.2, -0.15) is 0 Å². The van der Waals surface area contributed by atoms with Crippen molar-refractivity contribution in [1.82, 2.24) is 15.6 Å². The van der Waals surface area contributed by atoms with Crippen molar-refractivity contribution >= 4 is 22.7 Å². The van der Waals surface area contributed by atoms with Gasteiger partial charge in [0.05, 0.1) is 18.0 Å². The van der Waals surface area contributed by atoms with Gasteiger partial charge >= 0.3 is 0 Å². The largest absolute Gasteiger partial charge is 0.358 e. The summed E-state index contributed by atoms with van der Waals surface area (Å²) >= 11 is 0. The quantitative estimate of drug-likeness (QED) is 0.664. The molecule has 5 heteroatoms. The Bertz CT molecular complexity index is 1060. The Morgan fingerprint density at radius 1 is 1.15 bits per heavy atom. The first-order valence-electron chi connectivity index (χ1n) is 9.19. The number of carbonyl (C=O) groups is 2. The molecule has 27 heavy (non-hydrogen) atoms. The monoisotopic (exact) mass is 361 g/mol. The molecule has 0 aliphatic carbocycles. The van der Waals surface area contributed by atoms with Crippen LogP contribution in [0.5, 0.6) is 0 Å². The zero-order valence-corrected chi connectivity index (χ0v) is 15.8. The van der Waals surface area contributed by atoms with E-state index in [1.807, 2.05) is 18.2 Å². The van der Waals surface area contributed by atoms with Crippen LogP contribution in [0.25, 0.3) is 10.9 Å². The van der Waals surface area contributed by atoms with Crippen LogP contribution in [0.1, 0.15) is 50.8 Å². The lowest BCUT2D eigenvalue weighted by Crippen LogP contribution is -2.28. The van der Waals surface area contributed by atoms with Crippen LogP contribution in [0, 0.1) is 20.8 Å². The predicted molar refractivity (Wildman–Crippen MR) is 106 cm³/mol. The summed E-state index contributed by atoms with van der Waals surface area (Å²) in [5.41, 5.74) is 7.27. The van der Waals surface area contributed by atoms with E-state index in [0.717, 1.165) is 22.3 Å². The summed E-state index contributed by atoms with van der Waals surface area (Å²) in [6.07, 6.45) is 0.237. The highest BCUT2D eigenvalue weighted by Gasteiger charge is 2.29. The standard InChI is InChI=1S/C22H23N3O2/c1-12-8-15(21-18(9-12)13(2)14(3)24-21)11-23-20(26)10-19-16-6-4-5-7-17(16)22(27)25-19/h4-9,19,24H,10-11H2,1-3H3,(H,23,26)(H,25,27)/t19-/m0/s1. The van der Waals surface area contributed by atoms with Crippen LogP contribution in [-0.4, -0.2) is 16.8 Å². The fourth-order valence-corrected chi connectivity index (χ4v) is 3.86. The molecule has 3 N–H and O–H groups in total. The summed E-state index contributed by atoms with van der Waals surface area (Å²) in [5, 5.41) is 7.10. The molecule has 0 saturated heterocycles. The maximum atomic E-state index is 12.5. The Labute approximate surface area is 158 Å². The average molecular weight is 361 g/mol. The van der Waals surface area contributed by atoms with Crippen molar-refractivity contribution in [2.75, 3.05) is 0 Å². The fraction of sp³-hybridized carbons (Fsp3) is 0.273. The molecule has 3 aromatic rings. The van der Waals surface area contributed by atoms with E-state index in [2.05, 4.69) is 48.5 Å². The molecule has 0 unspecified atom stereocenters. The van der Waals surface area contributed by atoms with Crippen molar-refractivity contribution in [3.05, 3.63) is 69.9 Å². The molecule has 0 fully saturated rings. The van der Waals surface area contributed by atoms with E-state index >= 15 is 0 Å². The van der Waals surface area contributed by atoms with Crippen molar-refractivity contribution in [3.63, 3.8) is 0 Å². The lowest BCUT2D eigenvalue weighted by Gasteiger charge is -2.13. The van der Waals surface area contributed by atoms with E-state index in [1.165, 1.54) is 16.5 Å². The zero-order valence-electron chi connectivity index (χ0n) is 15.8. The Balaban J connectivity index is 1.49. The topological polar surface area (TPSA) is 74.0 Å². The van der Waals surface area contributed by atoms with Gasteiger partial charge in [-0.05, 0) is 49.6 Å². The van der Waals surface area contributed by atoms with E-state index in [4.69, 9.17) is 0 Å². The highest BCUT2D eigenvalue weighted by molar-refractivity contribution is 5.99. The predicted octanol–water partition coefficient (Wildman–Crippen LogP) is 3.58. The van der Waals surface area contributed by atoms with Gasteiger partial charge in [0.2, 0.25) is 5.91 Å². The number of hydrogen-bond acceptors (Lipinski definition) is 2. The Kier molecular flexibility index (Phi) is 4.22. The molecule has 0 bridgehead atoms. The van der Waals surface area contributed by atoms with Gasteiger partial charge in [-0.3, -0.25) is 9.59 Å². The molecule has 5 nitrogen and oxygen atoms in total. The van der Waals surface area contributed by atoms with Crippen molar-refractivity contribution in [2.45, 2.75) is 39.8 Å². The van der Waals surface area contributed by atoms with Crippen LogP contribution in [0.3, 0.4) is 0 Å². The van der Waals surface area contributed by atoms with Gasteiger partial charge in [-0.1, -0.05) is 29.8 Å². The van der Waals surface area contributed by atoms with Crippen molar-refractivity contribution < 1.29 is 9.59 Å². The fourth-order valence-electron chi connectivity index (χ4n) is 3.86. The van der Waals surface area contributed by atoms with E-state index in [1.54, 1.807) is 6.07 Å². The number of benzene rings is 2. The number of amides is 2. The molecule has 0 spiro atoms. The van der Waals surface area contributed by atoms with Crippen LogP contribution in [0.2, 0.25) is 0 Å². The summed E-state index contributed by atoms with van der Waals surface area (Å²) in [6.45, 7) is 6.69. The number of H-pyrrole nitrogens is 1. The van der Waals surface area contributed by atoms with Gasteiger partial charge in [0.15, 0.2) is 0 Å². The van der Waals surface area contributed by atoms with Crippen LogP contribution < -0.4 is 10.6 Å². The summed E-state index contributed by atoms with van der Waals surface area (Å²) in [4.78, 5) is 27.9. The summed E-state index contributed by atoms with van der Waals surface area (Å²) in [5.74, 6) is -0.187. The molecule has 0 radical (unpaired) electrons. The molecule has 2 amide bonds. The lowest BCUT2D eigenvalue weighted by atomic mass is 10.0. The minimum Gasteiger partial charge on any atom is -0.358 e. The Morgan fingerprint density at radius 3 is 2.74 bits per heavy atom. The molecule has 138 valence electrons. The van der Waals surface area contributed by atoms with Crippen LogP contribution in [-0.2, 0) is 11.3 Å². The summed E-state index contributed by atoms with van der Waals surface area (Å²) < 4.78 is 0. The first-order valence-corrected chi connectivity index (χ1v) is 9.19. The maximum absolute atomic E-state index is 12.5. The highest BCUT2D eigenvalue weighted by atomic mass is 16.2. The maximum Gasteiger partial charge on any atom is 0.252 e. The molecule has 2 heterocycles. The Morgan fingerprint density at radius 2 is 1.93 bits per heavy atom. The molecular formula is C22H23N3O2. The van der Waals surface area contributed by atoms with Crippen molar-refractivity contribution in [3.8, 4) is 0 Å². The second-order valence-corrected chi connectivity index (χ2v) is 7.32.